The van der Waals surface area contributed by atoms with E-state index in [0.717, 1.165) is 23.8 Å². The number of likely N-dealkylation sites (tertiary alicyclic amines) is 1. The smallest absolute Gasteiger partial charge is 0.270 e. The minimum Gasteiger partial charge on any atom is -0.454 e. The number of piperidine rings is 1. The molecule has 1 saturated heterocycles. The predicted molar refractivity (Wildman–Crippen MR) is 134 cm³/mol. The second-order valence-corrected chi connectivity index (χ2v) is 10.2. The van der Waals surface area contributed by atoms with Gasteiger partial charge in [0, 0.05) is 43.4 Å². The molecule has 176 valence electrons. The molecule has 0 aliphatic carbocycles. The van der Waals surface area contributed by atoms with Crippen molar-refractivity contribution in [2.45, 2.75) is 19.3 Å². The van der Waals surface area contributed by atoms with Crippen molar-refractivity contribution < 1.29 is 19.1 Å². The summed E-state index contributed by atoms with van der Waals surface area (Å²) < 4.78 is 5.94. The highest BCUT2D eigenvalue weighted by atomic mass is 32.1. The largest absolute Gasteiger partial charge is 0.454 e. The van der Waals surface area contributed by atoms with Crippen LogP contribution in [0.1, 0.15) is 28.9 Å². The monoisotopic (exact) mass is 495 g/mol. The fourth-order valence-corrected chi connectivity index (χ4v) is 5.74. The van der Waals surface area contributed by atoms with Crippen LogP contribution in [0, 0.1) is 5.92 Å². The molecule has 0 radical (unpaired) electrons. The highest BCUT2D eigenvalue weighted by molar-refractivity contribution is 7.14. The quantitative estimate of drug-likeness (QED) is 0.395. The Morgan fingerprint density at radius 1 is 1.21 bits per heavy atom. The van der Waals surface area contributed by atoms with Crippen molar-refractivity contribution in [3.63, 3.8) is 0 Å². The average molecular weight is 496 g/mol. The SMILES string of the molecule is O=C(CCN(C(=O)c1cccs1)c1nc(-c2cc3ccccc3o2)cs1)N1CCCC(CO)C1. The predicted octanol–water partition coefficient (Wildman–Crippen LogP) is 4.89. The normalized spacial score (nSPS) is 16.1. The molecule has 1 aliphatic heterocycles. The Bertz CT molecular complexity index is 1250. The highest BCUT2D eigenvalue weighted by Gasteiger charge is 2.27. The number of rotatable bonds is 7. The molecule has 0 bridgehead atoms. The van der Waals surface area contributed by atoms with E-state index in [0.29, 0.717) is 34.6 Å². The van der Waals surface area contributed by atoms with Gasteiger partial charge in [0.2, 0.25) is 5.91 Å². The molecule has 4 aromatic rings. The zero-order valence-corrected chi connectivity index (χ0v) is 20.2. The molecule has 1 N–H and O–H groups in total. The number of anilines is 1. The summed E-state index contributed by atoms with van der Waals surface area (Å²) >= 11 is 2.73. The Labute approximate surface area is 205 Å². The number of aromatic nitrogens is 1. The average Bonchev–Trinajstić information content (AvgIpc) is 3.64. The van der Waals surface area contributed by atoms with Crippen LogP contribution in [0.15, 0.2) is 57.6 Å². The summed E-state index contributed by atoms with van der Waals surface area (Å²) in [5.74, 6) is 0.606. The number of hydrogen-bond donors (Lipinski definition) is 1. The van der Waals surface area contributed by atoms with Crippen molar-refractivity contribution in [2.75, 3.05) is 31.1 Å². The maximum absolute atomic E-state index is 13.3. The summed E-state index contributed by atoms with van der Waals surface area (Å²) in [7, 11) is 0. The molecule has 7 nitrogen and oxygen atoms in total. The molecule has 9 heteroatoms. The lowest BCUT2D eigenvalue weighted by Crippen LogP contribution is -2.42. The Kier molecular flexibility index (Phi) is 6.75. The maximum atomic E-state index is 13.3. The van der Waals surface area contributed by atoms with Gasteiger partial charge in [0.15, 0.2) is 10.9 Å². The van der Waals surface area contributed by atoms with E-state index in [1.807, 2.05) is 47.2 Å². The van der Waals surface area contributed by atoms with Crippen LogP contribution in [0.4, 0.5) is 5.13 Å². The molecule has 3 aromatic heterocycles. The van der Waals surface area contributed by atoms with Crippen LogP contribution >= 0.6 is 22.7 Å². The van der Waals surface area contributed by atoms with Gasteiger partial charge in [0.25, 0.3) is 5.91 Å². The lowest BCUT2D eigenvalue weighted by atomic mass is 9.99. The van der Waals surface area contributed by atoms with Crippen molar-refractivity contribution in [2.24, 2.45) is 5.92 Å². The van der Waals surface area contributed by atoms with Gasteiger partial charge in [-0.2, -0.15) is 0 Å². The number of furan rings is 1. The number of amides is 2. The van der Waals surface area contributed by atoms with Gasteiger partial charge >= 0.3 is 0 Å². The maximum Gasteiger partial charge on any atom is 0.270 e. The molecule has 2 amide bonds. The van der Waals surface area contributed by atoms with E-state index in [1.54, 1.807) is 15.9 Å². The van der Waals surface area contributed by atoms with E-state index >= 15 is 0 Å². The highest BCUT2D eigenvalue weighted by Crippen LogP contribution is 2.32. The topological polar surface area (TPSA) is 86.9 Å². The minimum atomic E-state index is -0.166. The van der Waals surface area contributed by atoms with Crippen molar-refractivity contribution in [1.29, 1.82) is 0 Å². The number of fused-ring (bicyclic) bond motifs is 1. The molecule has 1 unspecified atom stereocenters. The van der Waals surface area contributed by atoms with Crippen LogP contribution in [-0.2, 0) is 4.79 Å². The number of para-hydroxylation sites is 1. The molecule has 1 aromatic carbocycles. The Morgan fingerprint density at radius 3 is 2.88 bits per heavy atom. The van der Waals surface area contributed by atoms with Crippen molar-refractivity contribution in [1.82, 2.24) is 9.88 Å². The molecule has 1 fully saturated rings. The third kappa shape index (κ3) is 4.77. The number of benzene rings is 1. The van der Waals surface area contributed by atoms with Crippen molar-refractivity contribution >= 4 is 50.6 Å². The van der Waals surface area contributed by atoms with Gasteiger partial charge in [-0.3, -0.25) is 14.5 Å². The Hall–Kier alpha value is -3.01. The number of aliphatic hydroxyl groups excluding tert-OH is 1. The summed E-state index contributed by atoms with van der Waals surface area (Å²) in [6.07, 6.45) is 2.03. The zero-order chi connectivity index (χ0) is 23.5. The number of aliphatic hydroxyl groups is 1. The third-order valence-corrected chi connectivity index (χ3v) is 7.78. The van der Waals surface area contributed by atoms with Gasteiger partial charge in [0.1, 0.15) is 11.3 Å². The summed E-state index contributed by atoms with van der Waals surface area (Å²) in [6, 6.07) is 13.3. The minimum absolute atomic E-state index is 0.00352. The fraction of sp³-hybridized carbons (Fsp3) is 0.320. The number of carbonyl (C=O) groups is 2. The van der Waals surface area contributed by atoms with Crippen LogP contribution in [-0.4, -0.2) is 53.0 Å². The lowest BCUT2D eigenvalue weighted by molar-refractivity contribution is -0.133. The molecule has 34 heavy (non-hydrogen) atoms. The van der Waals surface area contributed by atoms with Crippen LogP contribution in [0.2, 0.25) is 0 Å². The van der Waals surface area contributed by atoms with Gasteiger partial charge in [-0.15, -0.1) is 22.7 Å². The molecule has 1 aliphatic rings. The third-order valence-electron chi connectivity index (χ3n) is 6.06. The number of carbonyl (C=O) groups excluding carboxylic acids is 2. The first-order valence-electron chi connectivity index (χ1n) is 11.3. The van der Waals surface area contributed by atoms with Gasteiger partial charge in [-0.25, -0.2) is 4.98 Å². The van der Waals surface area contributed by atoms with Crippen molar-refractivity contribution in [3.05, 3.63) is 58.1 Å². The molecule has 0 spiro atoms. The molecule has 1 atom stereocenters. The molecule has 0 saturated carbocycles. The van der Waals surface area contributed by atoms with E-state index in [-0.39, 0.29) is 37.3 Å². The van der Waals surface area contributed by atoms with Crippen LogP contribution in [0.25, 0.3) is 22.4 Å². The fourth-order valence-electron chi connectivity index (χ4n) is 4.23. The first kappa shape index (κ1) is 22.8. The number of thiophene rings is 1. The Balaban J connectivity index is 1.36. The van der Waals surface area contributed by atoms with E-state index in [2.05, 4.69) is 0 Å². The number of thiazole rings is 1. The van der Waals surface area contributed by atoms with Gasteiger partial charge in [-0.05, 0) is 42.3 Å². The van der Waals surface area contributed by atoms with E-state index in [1.165, 1.54) is 22.7 Å². The molecule has 5 rings (SSSR count). The van der Waals surface area contributed by atoms with E-state index in [9.17, 15) is 14.7 Å². The first-order valence-corrected chi connectivity index (χ1v) is 13.1. The van der Waals surface area contributed by atoms with Gasteiger partial charge in [-0.1, -0.05) is 24.3 Å². The van der Waals surface area contributed by atoms with Gasteiger partial charge < -0.3 is 14.4 Å². The Morgan fingerprint density at radius 2 is 2.09 bits per heavy atom. The summed E-state index contributed by atoms with van der Waals surface area (Å²) in [6.45, 7) is 1.60. The second kappa shape index (κ2) is 10.1. The summed E-state index contributed by atoms with van der Waals surface area (Å²) in [5, 5.41) is 14.7. The molecule has 4 heterocycles. The first-order chi connectivity index (χ1) is 16.6. The van der Waals surface area contributed by atoms with Crippen LogP contribution < -0.4 is 4.90 Å². The van der Waals surface area contributed by atoms with E-state index in [4.69, 9.17) is 9.40 Å². The second-order valence-electron chi connectivity index (χ2n) is 8.38. The molecular weight excluding hydrogens is 470 g/mol. The van der Waals surface area contributed by atoms with Crippen molar-refractivity contribution in [3.8, 4) is 11.5 Å². The molecular formula is C25H25N3O4S2. The number of hydrogen-bond acceptors (Lipinski definition) is 7. The van der Waals surface area contributed by atoms with Crippen LogP contribution in [0.3, 0.4) is 0 Å². The summed E-state index contributed by atoms with van der Waals surface area (Å²) in [5.41, 5.74) is 1.44. The standard InChI is InChI=1S/C25H25N3O4S2/c29-15-17-5-3-10-27(14-17)23(30)9-11-28(24(31)22-8-4-12-33-22)25-26-19(16-34-25)21-13-18-6-1-2-7-20(18)32-21/h1-2,4,6-8,12-13,16-17,29H,3,5,9-11,14-15H2. The lowest BCUT2D eigenvalue weighted by Gasteiger charge is -2.32. The van der Waals surface area contributed by atoms with Crippen LogP contribution in [0.5, 0.6) is 0 Å². The number of nitrogens with zero attached hydrogens (tertiary/aromatic N) is 3. The summed E-state index contributed by atoms with van der Waals surface area (Å²) in [4.78, 5) is 34.9. The van der Waals surface area contributed by atoms with E-state index < -0.39 is 0 Å². The zero-order valence-electron chi connectivity index (χ0n) is 18.6. The van der Waals surface area contributed by atoms with Gasteiger partial charge in [0.05, 0.1) is 4.88 Å².